The van der Waals surface area contributed by atoms with Gasteiger partial charge in [0.1, 0.15) is 5.82 Å². The maximum absolute atomic E-state index is 5.14. The van der Waals surface area contributed by atoms with E-state index in [1.165, 1.54) is 93.4 Å². The third-order valence-corrected chi connectivity index (χ3v) is 10.7. The zero-order valence-electron chi connectivity index (χ0n) is 31.3. The lowest BCUT2D eigenvalue weighted by molar-refractivity contribution is 0.643. The molecule has 1 aliphatic rings. The van der Waals surface area contributed by atoms with Gasteiger partial charge >= 0.3 is 0 Å². The summed E-state index contributed by atoms with van der Waals surface area (Å²) < 4.78 is 2.40. The van der Waals surface area contributed by atoms with Crippen LogP contribution in [0.1, 0.15) is 127 Å². The van der Waals surface area contributed by atoms with E-state index >= 15 is 0 Å². The summed E-state index contributed by atoms with van der Waals surface area (Å²) >= 11 is 0. The van der Waals surface area contributed by atoms with E-state index in [4.69, 9.17) is 4.98 Å². The van der Waals surface area contributed by atoms with Crippen LogP contribution >= 0.6 is 0 Å². The highest BCUT2D eigenvalue weighted by Gasteiger charge is 2.51. The maximum Gasteiger partial charge on any atom is 0.144 e. The molecule has 1 heterocycles. The van der Waals surface area contributed by atoms with E-state index in [9.17, 15) is 0 Å². The molecule has 0 N–H and O–H groups in total. The van der Waals surface area contributed by atoms with E-state index < -0.39 is 0 Å². The Kier molecular flexibility index (Phi) is 11.1. The summed E-state index contributed by atoms with van der Waals surface area (Å²) in [6.07, 6.45) is 10.7. The summed E-state index contributed by atoms with van der Waals surface area (Å²) in [4.78, 5) is 5.14. The SMILES string of the molecule is CCCCC.CC[C@H]1CC1(C)c1ccc(-c2c(C)cccc2C)cc1-c1nccn1-c1c(C(C)C)cc(-c2ccccc2)cc1C(C)C. The molecule has 0 bridgehead atoms. The van der Waals surface area contributed by atoms with Crippen molar-refractivity contribution in [2.45, 2.75) is 119 Å². The normalized spacial score (nSPS) is 17.0. The monoisotopic (exact) mass is 638 g/mol. The molecule has 2 atom stereocenters. The van der Waals surface area contributed by atoms with Gasteiger partial charge in [-0.3, -0.25) is 4.57 Å². The molecule has 4 aromatic carbocycles. The second-order valence-corrected chi connectivity index (χ2v) is 14.9. The lowest BCUT2D eigenvalue weighted by Crippen LogP contribution is -2.12. The summed E-state index contributed by atoms with van der Waals surface area (Å²) in [7, 11) is 0. The average Bonchev–Trinajstić information content (AvgIpc) is 3.51. The standard InChI is InChI=1S/C41H46N2.C5H12/c1-9-33-25-41(33,8)37-19-18-31(38-28(6)14-13-15-29(38)7)22-36(37)40-42-20-21-43(40)39-34(26(2)3)23-32(24-35(39)27(4)5)30-16-11-10-12-17-30;1-3-5-4-2/h10-24,26-27,33H,9,25H2,1-8H3;3-5H2,1-2H3/t33-,41?;/m0./s1. The molecule has 6 rings (SSSR count). The minimum atomic E-state index is 0.180. The quantitative estimate of drug-likeness (QED) is 0.149. The number of hydrogen-bond acceptors (Lipinski definition) is 1. The molecule has 48 heavy (non-hydrogen) atoms. The summed E-state index contributed by atoms with van der Waals surface area (Å²) in [6, 6.07) is 29.4. The van der Waals surface area contributed by atoms with Crippen molar-refractivity contribution in [3.63, 3.8) is 0 Å². The van der Waals surface area contributed by atoms with Crippen molar-refractivity contribution in [3.05, 3.63) is 119 Å². The first kappa shape index (κ1) is 35.4. The molecule has 0 radical (unpaired) electrons. The number of imidazole rings is 1. The van der Waals surface area contributed by atoms with Crippen LogP contribution < -0.4 is 0 Å². The Balaban J connectivity index is 0.000000840. The first-order valence-corrected chi connectivity index (χ1v) is 18.5. The van der Waals surface area contributed by atoms with Crippen molar-refractivity contribution in [2.75, 3.05) is 0 Å². The van der Waals surface area contributed by atoms with E-state index in [0.29, 0.717) is 17.8 Å². The fourth-order valence-corrected chi connectivity index (χ4v) is 7.70. The van der Waals surface area contributed by atoms with Crippen molar-refractivity contribution < 1.29 is 0 Å². The Morgan fingerprint density at radius 2 is 1.38 bits per heavy atom. The van der Waals surface area contributed by atoms with Gasteiger partial charge in [-0.15, -0.1) is 0 Å². The van der Waals surface area contributed by atoms with Crippen LogP contribution in [0.15, 0.2) is 91.3 Å². The smallest absolute Gasteiger partial charge is 0.144 e. The second kappa shape index (κ2) is 15.1. The molecule has 1 fully saturated rings. The molecule has 1 unspecified atom stereocenters. The molecule has 0 amide bonds. The van der Waals surface area contributed by atoms with Crippen LogP contribution in [0.4, 0.5) is 0 Å². The fraction of sp³-hybridized carbons (Fsp3) is 0.413. The number of unbranched alkanes of at least 4 members (excludes halogenated alkanes) is 2. The Labute approximate surface area is 291 Å². The molecule has 2 heteroatoms. The second-order valence-electron chi connectivity index (χ2n) is 14.9. The summed E-state index contributed by atoms with van der Waals surface area (Å²) in [5.41, 5.74) is 14.7. The molecule has 1 aromatic heterocycles. The van der Waals surface area contributed by atoms with E-state index in [-0.39, 0.29) is 5.41 Å². The Morgan fingerprint density at radius 3 is 1.90 bits per heavy atom. The van der Waals surface area contributed by atoms with Gasteiger partial charge in [0, 0.05) is 18.0 Å². The summed E-state index contributed by atoms with van der Waals surface area (Å²) in [5.74, 6) is 2.47. The Hall–Kier alpha value is -3.91. The first-order chi connectivity index (χ1) is 23.0. The van der Waals surface area contributed by atoms with Crippen LogP contribution in [0.3, 0.4) is 0 Å². The van der Waals surface area contributed by atoms with Crippen molar-refractivity contribution >= 4 is 0 Å². The third kappa shape index (κ3) is 7.09. The lowest BCUT2D eigenvalue weighted by Gasteiger charge is -2.25. The zero-order chi connectivity index (χ0) is 34.6. The van der Waals surface area contributed by atoms with Crippen molar-refractivity contribution in [1.29, 1.82) is 0 Å². The van der Waals surface area contributed by atoms with Gasteiger partial charge in [-0.1, -0.05) is 142 Å². The van der Waals surface area contributed by atoms with Gasteiger partial charge < -0.3 is 0 Å². The van der Waals surface area contributed by atoms with Crippen molar-refractivity contribution in [3.8, 4) is 39.3 Å². The topological polar surface area (TPSA) is 17.8 Å². The number of aryl methyl sites for hydroxylation is 2. The average molecular weight is 639 g/mol. The predicted octanol–water partition coefficient (Wildman–Crippen LogP) is 13.6. The maximum atomic E-state index is 5.14. The molecule has 0 saturated heterocycles. The predicted molar refractivity (Wildman–Crippen MR) is 208 cm³/mol. The summed E-state index contributed by atoms with van der Waals surface area (Å²) in [5, 5.41) is 0. The highest BCUT2D eigenvalue weighted by molar-refractivity contribution is 5.79. The third-order valence-electron chi connectivity index (χ3n) is 10.7. The van der Waals surface area contributed by atoms with E-state index in [2.05, 4.69) is 159 Å². The summed E-state index contributed by atoms with van der Waals surface area (Å²) in [6.45, 7) is 22.9. The molecule has 1 aliphatic carbocycles. The minimum Gasteiger partial charge on any atom is -0.299 e. The molecular formula is C46H58N2. The van der Waals surface area contributed by atoms with Crippen LogP contribution in [0, 0.1) is 19.8 Å². The molecule has 0 spiro atoms. The molecule has 1 saturated carbocycles. The number of rotatable bonds is 10. The number of nitrogens with zero attached hydrogens (tertiary/aromatic N) is 2. The van der Waals surface area contributed by atoms with Crippen LogP contribution in [0.25, 0.3) is 39.3 Å². The van der Waals surface area contributed by atoms with E-state index in [1.807, 2.05) is 6.20 Å². The van der Waals surface area contributed by atoms with Crippen LogP contribution in [0.2, 0.25) is 0 Å². The number of aromatic nitrogens is 2. The molecule has 252 valence electrons. The van der Waals surface area contributed by atoms with Gasteiger partial charge in [0.2, 0.25) is 0 Å². The minimum absolute atomic E-state index is 0.180. The van der Waals surface area contributed by atoms with Gasteiger partial charge in [0.15, 0.2) is 0 Å². The van der Waals surface area contributed by atoms with Gasteiger partial charge in [0.05, 0.1) is 5.69 Å². The molecular weight excluding hydrogens is 581 g/mol. The highest BCUT2D eigenvalue weighted by Crippen LogP contribution is 2.58. The van der Waals surface area contributed by atoms with Crippen LogP contribution in [-0.4, -0.2) is 9.55 Å². The lowest BCUT2D eigenvalue weighted by atomic mass is 9.85. The fourth-order valence-electron chi connectivity index (χ4n) is 7.70. The van der Waals surface area contributed by atoms with Gasteiger partial charge in [-0.05, 0) is 112 Å². The largest absolute Gasteiger partial charge is 0.299 e. The molecule has 2 nitrogen and oxygen atoms in total. The number of hydrogen-bond donors (Lipinski definition) is 0. The molecule has 5 aromatic rings. The molecule has 0 aliphatic heterocycles. The van der Waals surface area contributed by atoms with Gasteiger partial charge in [-0.25, -0.2) is 4.98 Å². The van der Waals surface area contributed by atoms with Crippen molar-refractivity contribution in [2.24, 2.45) is 5.92 Å². The Morgan fingerprint density at radius 1 is 0.750 bits per heavy atom. The van der Waals surface area contributed by atoms with Gasteiger partial charge in [0.25, 0.3) is 0 Å². The van der Waals surface area contributed by atoms with Crippen LogP contribution in [-0.2, 0) is 5.41 Å². The van der Waals surface area contributed by atoms with Crippen molar-refractivity contribution in [1.82, 2.24) is 9.55 Å². The number of benzene rings is 4. The van der Waals surface area contributed by atoms with Crippen LogP contribution in [0.5, 0.6) is 0 Å². The van der Waals surface area contributed by atoms with E-state index in [0.717, 1.165) is 5.82 Å². The Bertz CT molecular complexity index is 1770. The highest BCUT2D eigenvalue weighted by atomic mass is 15.1. The first-order valence-electron chi connectivity index (χ1n) is 18.5. The van der Waals surface area contributed by atoms with Gasteiger partial charge in [-0.2, -0.15) is 0 Å². The zero-order valence-corrected chi connectivity index (χ0v) is 31.3. The van der Waals surface area contributed by atoms with E-state index in [1.54, 1.807) is 0 Å².